The topological polar surface area (TPSA) is 89.1 Å². The van der Waals surface area contributed by atoms with Crippen molar-refractivity contribution >= 4 is 33.4 Å². The smallest absolute Gasteiger partial charge is 0.296 e. The number of fused-ring (bicyclic) bond motifs is 2. The third-order valence-electron chi connectivity index (χ3n) is 5.79. The Hall–Kier alpha value is -4.52. The first-order valence-electron chi connectivity index (χ1n) is 10.9. The van der Waals surface area contributed by atoms with Gasteiger partial charge < -0.3 is 14.4 Å². The van der Waals surface area contributed by atoms with E-state index in [0.717, 1.165) is 16.5 Å². The van der Waals surface area contributed by atoms with E-state index in [1.807, 2.05) is 67.6 Å². The predicted molar refractivity (Wildman–Crippen MR) is 132 cm³/mol. The summed E-state index contributed by atoms with van der Waals surface area (Å²) in [6.07, 6.45) is 0. The minimum absolute atomic E-state index is 0.0218. The van der Waals surface area contributed by atoms with Crippen molar-refractivity contribution < 1.29 is 14.6 Å². The van der Waals surface area contributed by atoms with Gasteiger partial charge in [0.1, 0.15) is 5.75 Å². The molecule has 5 rings (SSSR count). The van der Waals surface area contributed by atoms with Crippen LogP contribution in [-0.4, -0.2) is 27.7 Å². The van der Waals surface area contributed by atoms with Crippen LogP contribution in [-0.2, 0) is 6.54 Å². The standard InChI is InChI=1S/C27H22N4O3/c1-3-31-24-12-8-7-11-19(24)25(27(31)33)29-30-26(32)21-16-23(17-9-5-4-6-10-17)28-22-14-13-18(34-2)15-20(21)22/h4-16,33H,3H2,1-2H3. The highest BCUT2D eigenvalue weighted by Crippen LogP contribution is 2.39. The fourth-order valence-electron chi connectivity index (χ4n) is 4.11. The first kappa shape index (κ1) is 21.3. The van der Waals surface area contributed by atoms with Crippen molar-refractivity contribution in [2.75, 3.05) is 7.11 Å². The molecule has 0 saturated heterocycles. The van der Waals surface area contributed by atoms with E-state index in [2.05, 4.69) is 10.2 Å². The lowest BCUT2D eigenvalue weighted by Crippen LogP contribution is -1.99. The molecule has 7 nitrogen and oxygen atoms in total. The first-order chi connectivity index (χ1) is 16.6. The van der Waals surface area contributed by atoms with Crippen molar-refractivity contribution in [2.45, 2.75) is 13.5 Å². The molecule has 0 aliphatic heterocycles. The molecule has 2 heterocycles. The van der Waals surface area contributed by atoms with Crippen LogP contribution in [0.3, 0.4) is 0 Å². The molecule has 0 radical (unpaired) electrons. The van der Waals surface area contributed by atoms with E-state index in [1.54, 1.807) is 29.9 Å². The number of pyridine rings is 1. The Morgan fingerprint density at radius 1 is 1.00 bits per heavy atom. The molecule has 0 bridgehead atoms. The van der Waals surface area contributed by atoms with E-state index in [-0.39, 0.29) is 11.6 Å². The molecule has 7 heteroatoms. The number of nitrogens with zero attached hydrogens (tertiary/aromatic N) is 4. The molecule has 3 aromatic carbocycles. The van der Waals surface area contributed by atoms with Gasteiger partial charge in [-0.05, 0) is 37.3 Å². The minimum atomic E-state index is -0.537. The van der Waals surface area contributed by atoms with E-state index in [1.165, 1.54) is 0 Å². The average Bonchev–Trinajstić information content (AvgIpc) is 3.16. The van der Waals surface area contributed by atoms with Crippen LogP contribution in [0.25, 0.3) is 33.1 Å². The Morgan fingerprint density at radius 2 is 1.76 bits per heavy atom. The maximum absolute atomic E-state index is 13.3. The van der Waals surface area contributed by atoms with Gasteiger partial charge in [-0.25, -0.2) is 4.98 Å². The van der Waals surface area contributed by atoms with E-state index >= 15 is 0 Å². The number of aromatic nitrogens is 2. The third-order valence-corrected chi connectivity index (χ3v) is 5.79. The Bertz CT molecular complexity index is 1560. The van der Waals surface area contributed by atoms with Crippen LogP contribution in [0.2, 0.25) is 0 Å². The molecular weight excluding hydrogens is 428 g/mol. The van der Waals surface area contributed by atoms with Gasteiger partial charge in [0.15, 0.2) is 5.69 Å². The Balaban J connectivity index is 1.64. The van der Waals surface area contributed by atoms with Gasteiger partial charge in [0.2, 0.25) is 5.88 Å². The van der Waals surface area contributed by atoms with Crippen molar-refractivity contribution in [3.05, 3.63) is 84.4 Å². The number of azo groups is 1. The molecule has 5 aromatic rings. The normalized spacial score (nSPS) is 11.5. The minimum Gasteiger partial charge on any atom is -0.497 e. The number of carbonyl (C=O) groups excluding carboxylic acids is 1. The van der Waals surface area contributed by atoms with E-state index < -0.39 is 5.91 Å². The van der Waals surface area contributed by atoms with Crippen LogP contribution in [0.1, 0.15) is 17.3 Å². The van der Waals surface area contributed by atoms with Crippen molar-refractivity contribution in [3.63, 3.8) is 0 Å². The van der Waals surface area contributed by atoms with Crippen LogP contribution in [0.4, 0.5) is 5.69 Å². The molecule has 168 valence electrons. The van der Waals surface area contributed by atoms with Crippen LogP contribution in [0.15, 0.2) is 89.1 Å². The number of ether oxygens (including phenoxy) is 1. The van der Waals surface area contributed by atoms with Gasteiger partial charge in [-0.1, -0.05) is 48.5 Å². The number of hydrogen-bond donors (Lipinski definition) is 1. The van der Waals surface area contributed by atoms with Gasteiger partial charge in [0.25, 0.3) is 5.91 Å². The predicted octanol–water partition coefficient (Wildman–Crippen LogP) is 6.51. The third kappa shape index (κ3) is 3.67. The zero-order valence-corrected chi connectivity index (χ0v) is 18.8. The second kappa shape index (κ2) is 8.78. The lowest BCUT2D eigenvalue weighted by atomic mass is 10.0. The quantitative estimate of drug-likeness (QED) is 0.309. The highest BCUT2D eigenvalue weighted by atomic mass is 16.5. The monoisotopic (exact) mass is 450 g/mol. The first-order valence-corrected chi connectivity index (χ1v) is 10.9. The highest BCUT2D eigenvalue weighted by Gasteiger charge is 2.18. The fraction of sp³-hybridized carbons (Fsp3) is 0.111. The molecule has 0 fully saturated rings. The van der Waals surface area contributed by atoms with Crippen molar-refractivity contribution in [2.24, 2.45) is 10.2 Å². The molecular formula is C27H22N4O3. The Kier molecular flexibility index (Phi) is 5.51. The van der Waals surface area contributed by atoms with Crippen LogP contribution in [0.5, 0.6) is 11.6 Å². The summed E-state index contributed by atoms with van der Waals surface area (Å²) in [4.78, 5) is 18.0. The lowest BCUT2D eigenvalue weighted by molar-refractivity contribution is 0.0996. The zero-order chi connectivity index (χ0) is 23.7. The molecule has 0 atom stereocenters. The summed E-state index contributed by atoms with van der Waals surface area (Å²) in [6, 6.07) is 24.2. The summed E-state index contributed by atoms with van der Waals surface area (Å²) < 4.78 is 7.08. The molecule has 0 saturated carbocycles. The lowest BCUT2D eigenvalue weighted by Gasteiger charge is -2.09. The highest BCUT2D eigenvalue weighted by molar-refractivity contribution is 6.08. The molecule has 0 aliphatic rings. The number of aromatic hydroxyl groups is 1. The van der Waals surface area contributed by atoms with Crippen LogP contribution >= 0.6 is 0 Å². The number of rotatable bonds is 5. The number of para-hydroxylation sites is 1. The fourth-order valence-corrected chi connectivity index (χ4v) is 4.11. The summed E-state index contributed by atoms with van der Waals surface area (Å²) in [6.45, 7) is 2.49. The zero-order valence-electron chi connectivity index (χ0n) is 18.8. The molecule has 34 heavy (non-hydrogen) atoms. The van der Waals surface area contributed by atoms with Gasteiger partial charge in [-0.2, -0.15) is 0 Å². The molecule has 0 spiro atoms. The molecule has 0 aliphatic carbocycles. The van der Waals surface area contributed by atoms with Gasteiger partial charge in [0, 0.05) is 22.9 Å². The molecule has 0 unspecified atom stereocenters. The SMILES string of the molecule is CCn1c(O)c(N=NC(=O)c2cc(-c3ccccc3)nc3ccc(OC)cc23)c2ccccc21. The van der Waals surface area contributed by atoms with Gasteiger partial charge in [0.05, 0.1) is 29.4 Å². The summed E-state index contributed by atoms with van der Waals surface area (Å²) in [5.41, 5.74) is 3.63. The summed E-state index contributed by atoms with van der Waals surface area (Å²) in [5.74, 6) is 0.0495. The maximum atomic E-state index is 13.3. The van der Waals surface area contributed by atoms with Crippen LogP contribution in [0, 0.1) is 0 Å². The second-order valence-corrected chi connectivity index (χ2v) is 7.74. The van der Waals surface area contributed by atoms with Crippen LogP contribution < -0.4 is 4.74 Å². The molecule has 1 N–H and O–H groups in total. The number of benzene rings is 3. The van der Waals surface area contributed by atoms with Crippen molar-refractivity contribution in [3.8, 4) is 22.9 Å². The van der Waals surface area contributed by atoms with Gasteiger partial charge in [-0.3, -0.25) is 4.79 Å². The van der Waals surface area contributed by atoms with Gasteiger partial charge in [-0.15, -0.1) is 10.2 Å². The summed E-state index contributed by atoms with van der Waals surface area (Å²) in [7, 11) is 1.57. The number of hydrogen-bond acceptors (Lipinski definition) is 5. The molecule has 2 aromatic heterocycles. The number of methoxy groups -OCH3 is 1. The number of carbonyl (C=O) groups is 1. The summed E-state index contributed by atoms with van der Waals surface area (Å²) in [5, 5.41) is 20.2. The maximum Gasteiger partial charge on any atom is 0.296 e. The largest absolute Gasteiger partial charge is 0.497 e. The van der Waals surface area contributed by atoms with Crippen molar-refractivity contribution in [1.82, 2.24) is 9.55 Å². The van der Waals surface area contributed by atoms with E-state index in [0.29, 0.717) is 34.5 Å². The number of amides is 1. The number of aryl methyl sites for hydroxylation is 1. The van der Waals surface area contributed by atoms with E-state index in [4.69, 9.17) is 9.72 Å². The Morgan fingerprint density at radius 3 is 2.53 bits per heavy atom. The summed E-state index contributed by atoms with van der Waals surface area (Å²) >= 11 is 0. The van der Waals surface area contributed by atoms with E-state index in [9.17, 15) is 9.90 Å². The van der Waals surface area contributed by atoms with Crippen molar-refractivity contribution in [1.29, 1.82) is 0 Å². The Labute approximate surface area is 196 Å². The average molecular weight is 450 g/mol. The van der Waals surface area contributed by atoms with Gasteiger partial charge >= 0.3 is 0 Å². The molecule has 1 amide bonds. The second-order valence-electron chi connectivity index (χ2n) is 7.74.